The Balaban J connectivity index is 1.29. The summed E-state index contributed by atoms with van der Waals surface area (Å²) in [7, 11) is -3.69. The smallest absolute Gasteiger partial charge is 0.264 e. The minimum Gasteiger partial charge on any atom is -0.486 e. The summed E-state index contributed by atoms with van der Waals surface area (Å²) in [6, 6.07) is 14.7. The van der Waals surface area contributed by atoms with Gasteiger partial charge in [-0.25, -0.2) is 8.42 Å². The topological polar surface area (TPSA) is 76.2 Å². The van der Waals surface area contributed by atoms with E-state index in [0.29, 0.717) is 42.7 Å². The molecule has 0 saturated carbocycles. The summed E-state index contributed by atoms with van der Waals surface area (Å²) < 4.78 is 38.8. The van der Waals surface area contributed by atoms with Crippen LogP contribution in [0.15, 0.2) is 58.8 Å². The predicted octanol–water partition coefficient (Wildman–Crippen LogP) is 3.64. The fourth-order valence-corrected chi connectivity index (χ4v) is 6.36. The number of sulfonamides is 1. The average molecular weight is 485 g/mol. The highest BCUT2D eigenvalue weighted by atomic mass is 32.2. The van der Waals surface area contributed by atoms with E-state index in [1.165, 1.54) is 21.7 Å². The molecule has 3 heterocycles. The van der Waals surface area contributed by atoms with E-state index in [-0.39, 0.29) is 23.9 Å². The first-order chi connectivity index (χ1) is 15.9. The van der Waals surface area contributed by atoms with Gasteiger partial charge in [0.05, 0.1) is 9.77 Å². The fourth-order valence-electron chi connectivity index (χ4n) is 4.04. The van der Waals surface area contributed by atoms with E-state index in [4.69, 9.17) is 9.47 Å². The maximum Gasteiger partial charge on any atom is 0.264 e. The number of piperazine rings is 1. The van der Waals surface area contributed by atoms with Crippen LogP contribution in [0, 0.1) is 6.92 Å². The second-order valence-corrected chi connectivity index (χ2v) is 10.9. The summed E-state index contributed by atoms with van der Waals surface area (Å²) in [6.45, 7) is 4.04. The summed E-state index contributed by atoms with van der Waals surface area (Å²) in [5.41, 5.74) is 3.08. The largest absolute Gasteiger partial charge is 0.486 e. The molecule has 0 atom stereocenters. The molecule has 0 N–H and O–H groups in total. The molecule has 1 amide bonds. The van der Waals surface area contributed by atoms with Gasteiger partial charge in [-0.2, -0.15) is 4.31 Å². The monoisotopic (exact) mass is 484 g/mol. The van der Waals surface area contributed by atoms with Crippen molar-refractivity contribution in [3.63, 3.8) is 0 Å². The van der Waals surface area contributed by atoms with Crippen LogP contribution in [0.25, 0.3) is 11.1 Å². The van der Waals surface area contributed by atoms with Crippen LogP contribution in [-0.2, 0) is 10.0 Å². The number of hydrogen-bond donors (Lipinski definition) is 0. The molecule has 7 nitrogen and oxygen atoms in total. The van der Waals surface area contributed by atoms with Crippen molar-refractivity contribution in [1.29, 1.82) is 0 Å². The first kappa shape index (κ1) is 21.9. The minimum absolute atomic E-state index is 0.0584. The van der Waals surface area contributed by atoms with Crippen LogP contribution in [-0.4, -0.2) is 62.9 Å². The van der Waals surface area contributed by atoms with Crippen LogP contribution in [0.4, 0.5) is 0 Å². The lowest BCUT2D eigenvalue weighted by atomic mass is 10.0. The third-order valence-corrected chi connectivity index (χ3v) is 8.70. The Morgan fingerprint density at radius 1 is 0.909 bits per heavy atom. The highest BCUT2D eigenvalue weighted by Gasteiger charge is 2.32. The molecule has 0 unspecified atom stereocenters. The van der Waals surface area contributed by atoms with Crippen molar-refractivity contribution in [2.24, 2.45) is 0 Å². The molecule has 0 radical (unpaired) electrons. The summed E-state index contributed by atoms with van der Waals surface area (Å²) >= 11 is 1.42. The van der Waals surface area contributed by atoms with Crippen LogP contribution >= 0.6 is 11.3 Å². The van der Waals surface area contributed by atoms with Crippen molar-refractivity contribution in [1.82, 2.24) is 9.21 Å². The van der Waals surface area contributed by atoms with E-state index < -0.39 is 10.0 Å². The Hall–Kier alpha value is -2.88. The zero-order chi connectivity index (χ0) is 23.0. The van der Waals surface area contributed by atoms with Crippen LogP contribution in [0.2, 0.25) is 0 Å². The van der Waals surface area contributed by atoms with Gasteiger partial charge in [-0.1, -0.05) is 29.8 Å². The van der Waals surface area contributed by atoms with Gasteiger partial charge in [0.15, 0.2) is 11.5 Å². The van der Waals surface area contributed by atoms with Crippen molar-refractivity contribution in [3.8, 4) is 22.6 Å². The average Bonchev–Trinajstić information content (AvgIpc) is 3.34. The number of fused-ring (bicyclic) bond motifs is 1. The van der Waals surface area contributed by atoms with Gasteiger partial charge in [0.2, 0.25) is 10.0 Å². The number of hydrogen-bond acceptors (Lipinski definition) is 6. The van der Waals surface area contributed by atoms with Gasteiger partial charge in [0.25, 0.3) is 5.91 Å². The molecular formula is C24H24N2O5S2. The van der Waals surface area contributed by atoms with Gasteiger partial charge >= 0.3 is 0 Å². The summed E-state index contributed by atoms with van der Waals surface area (Å²) in [5.74, 6) is 0.936. The van der Waals surface area contributed by atoms with Crippen molar-refractivity contribution in [2.75, 3.05) is 39.4 Å². The number of benzene rings is 2. The van der Waals surface area contributed by atoms with Crippen LogP contribution < -0.4 is 9.47 Å². The number of carbonyl (C=O) groups is 1. The first-order valence-electron chi connectivity index (χ1n) is 10.8. The standard InChI is InChI=1S/C24H24N2O5S2/c1-17-2-4-18(5-3-17)20-8-15-32-23(20)24(27)25-9-11-26(12-10-25)33(28,29)19-6-7-21-22(16-19)31-14-13-30-21/h2-8,15-16H,9-14H2,1H3. The van der Waals surface area contributed by atoms with E-state index in [2.05, 4.69) is 0 Å². The van der Waals surface area contributed by atoms with E-state index in [9.17, 15) is 13.2 Å². The van der Waals surface area contributed by atoms with Gasteiger partial charge in [0.1, 0.15) is 13.2 Å². The molecule has 1 saturated heterocycles. The van der Waals surface area contributed by atoms with E-state index in [1.807, 2.05) is 42.6 Å². The molecule has 2 aliphatic heterocycles. The lowest BCUT2D eigenvalue weighted by Gasteiger charge is -2.34. The fraction of sp³-hybridized carbons (Fsp3) is 0.292. The van der Waals surface area contributed by atoms with Crippen LogP contribution in [0.1, 0.15) is 15.2 Å². The van der Waals surface area contributed by atoms with Crippen molar-refractivity contribution >= 4 is 27.3 Å². The Bertz CT molecular complexity index is 1280. The molecule has 1 fully saturated rings. The minimum atomic E-state index is -3.69. The molecule has 0 bridgehead atoms. The van der Waals surface area contributed by atoms with E-state index in [0.717, 1.165) is 16.7 Å². The first-order valence-corrected chi connectivity index (χ1v) is 13.1. The third kappa shape index (κ3) is 4.23. The van der Waals surface area contributed by atoms with Crippen LogP contribution in [0.5, 0.6) is 11.5 Å². The Morgan fingerprint density at radius 2 is 1.61 bits per heavy atom. The maximum absolute atomic E-state index is 13.2. The number of aryl methyl sites for hydroxylation is 1. The number of carbonyl (C=O) groups excluding carboxylic acids is 1. The molecule has 1 aromatic heterocycles. The Kier molecular flexibility index (Phi) is 5.86. The predicted molar refractivity (Wildman–Crippen MR) is 127 cm³/mol. The normalized spacial score (nSPS) is 16.6. The summed E-state index contributed by atoms with van der Waals surface area (Å²) in [6.07, 6.45) is 0. The molecule has 3 aromatic rings. The van der Waals surface area contributed by atoms with Gasteiger partial charge in [-0.15, -0.1) is 11.3 Å². The summed E-state index contributed by atoms with van der Waals surface area (Å²) in [4.78, 5) is 15.8. The SMILES string of the molecule is Cc1ccc(-c2ccsc2C(=O)N2CCN(S(=O)(=O)c3ccc4c(c3)OCCO4)CC2)cc1. The molecule has 2 aliphatic rings. The lowest BCUT2D eigenvalue weighted by Crippen LogP contribution is -2.50. The maximum atomic E-state index is 13.2. The molecule has 9 heteroatoms. The molecule has 33 heavy (non-hydrogen) atoms. The molecule has 0 spiro atoms. The highest BCUT2D eigenvalue weighted by Crippen LogP contribution is 2.34. The molecule has 172 valence electrons. The summed E-state index contributed by atoms with van der Waals surface area (Å²) in [5, 5.41) is 1.92. The Morgan fingerprint density at radius 3 is 2.33 bits per heavy atom. The molecule has 5 rings (SSSR count). The zero-order valence-corrected chi connectivity index (χ0v) is 19.8. The number of ether oxygens (including phenoxy) is 2. The molecule has 2 aromatic carbocycles. The van der Waals surface area contributed by atoms with Gasteiger partial charge in [0, 0.05) is 37.8 Å². The third-order valence-electron chi connectivity index (χ3n) is 5.90. The van der Waals surface area contributed by atoms with Crippen molar-refractivity contribution < 1.29 is 22.7 Å². The van der Waals surface area contributed by atoms with Gasteiger partial charge in [-0.3, -0.25) is 4.79 Å². The number of rotatable bonds is 4. The van der Waals surface area contributed by atoms with Crippen molar-refractivity contribution in [3.05, 3.63) is 64.4 Å². The number of nitrogens with zero attached hydrogens (tertiary/aromatic N) is 2. The lowest BCUT2D eigenvalue weighted by molar-refractivity contribution is 0.0703. The van der Waals surface area contributed by atoms with Crippen molar-refractivity contribution in [2.45, 2.75) is 11.8 Å². The van der Waals surface area contributed by atoms with Gasteiger partial charge < -0.3 is 14.4 Å². The van der Waals surface area contributed by atoms with E-state index >= 15 is 0 Å². The number of amides is 1. The zero-order valence-electron chi connectivity index (χ0n) is 18.2. The molecular weight excluding hydrogens is 460 g/mol. The quantitative estimate of drug-likeness (QED) is 0.565. The van der Waals surface area contributed by atoms with Crippen LogP contribution in [0.3, 0.4) is 0 Å². The van der Waals surface area contributed by atoms with Gasteiger partial charge in [-0.05, 0) is 36.1 Å². The number of thiophene rings is 1. The second kappa shape index (κ2) is 8.81. The highest BCUT2D eigenvalue weighted by molar-refractivity contribution is 7.89. The Labute approximate surface area is 197 Å². The van der Waals surface area contributed by atoms with E-state index in [1.54, 1.807) is 17.0 Å². The second-order valence-electron chi connectivity index (χ2n) is 8.03. The molecule has 0 aliphatic carbocycles.